The number of anilines is 2. The first-order chi connectivity index (χ1) is 15.6. The lowest BCUT2D eigenvalue weighted by Crippen LogP contribution is -2.01. The second-order valence-corrected chi connectivity index (χ2v) is 7.73. The Labute approximate surface area is 189 Å². The fourth-order valence-corrected chi connectivity index (χ4v) is 4.10. The lowest BCUT2D eigenvalue weighted by molar-refractivity contribution is 0.324. The number of benzene rings is 3. The highest BCUT2D eigenvalue weighted by molar-refractivity contribution is 7.98. The molecule has 32 heavy (non-hydrogen) atoms. The van der Waals surface area contributed by atoms with Crippen molar-refractivity contribution in [3.05, 3.63) is 72.0 Å². The van der Waals surface area contributed by atoms with Crippen molar-refractivity contribution in [3.8, 4) is 17.2 Å². The molecule has 4 aromatic rings. The van der Waals surface area contributed by atoms with E-state index < -0.39 is 0 Å². The number of aromatic nitrogens is 2. The first-order valence-corrected chi connectivity index (χ1v) is 10.8. The molecule has 0 bridgehead atoms. The summed E-state index contributed by atoms with van der Waals surface area (Å²) in [6.45, 7) is 0. The van der Waals surface area contributed by atoms with Crippen molar-refractivity contribution in [1.29, 1.82) is 0 Å². The Bertz CT molecular complexity index is 1230. The van der Waals surface area contributed by atoms with E-state index in [0.717, 1.165) is 10.9 Å². The molecule has 0 saturated heterocycles. The number of rotatable bonds is 8. The maximum absolute atomic E-state index is 14.0. The zero-order valence-electron chi connectivity index (χ0n) is 17.9. The van der Waals surface area contributed by atoms with E-state index in [0.29, 0.717) is 45.2 Å². The molecule has 0 radical (unpaired) electrons. The van der Waals surface area contributed by atoms with Gasteiger partial charge in [-0.2, -0.15) is 0 Å². The molecule has 1 aromatic heterocycles. The minimum Gasteiger partial charge on any atom is -0.493 e. The predicted molar refractivity (Wildman–Crippen MR) is 125 cm³/mol. The van der Waals surface area contributed by atoms with Gasteiger partial charge in [0.1, 0.15) is 11.6 Å². The van der Waals surface area contributed by atoms with E-state index in [1.54, 1.807) is 33.5 Å². The Morgan fingerprint density at radius 1 is 0.875 bits per heavy atom. The van der Waals surface area contributed by atoms with Crippen LogP contribution < -0.4 is 19.5 Å². The van der Waals surface area contributed by atoms with Gasteiger partial charge in [0, 0.05) is 29.0 Å². The van der Waals surface area contributed by atoms with Gasteiger partial charge in [0.05, 0.1) is 26.8 Å². The Hall–Kier alpha value is -3.52. The van der Waals surface area contributed by atoms with E-state index in [1.165, 1.54) is 17.8 Å². The van der Waals surface area contributed by atoms with Gasteiger partial charge in [0.25, 0.3) is 0 Å². The molecule has 0 amide bonds. The molecule has 6 nitrogen and oxygen atoms in total. The summed E-state index contributed by atoms with van der Waals surface area (Å²) in [4.78, 5) is 9.34. The van der Waals surface area contributed by atoms with Crippen molar-refractivity contribution in [2.75, 3.05) is 26.6 Å². The van der Waals surface area contributed by atoms with Gasteiger partial charge in [-0.05, 0) is 23.8 Å². The van der Waals surface area contributed by atoms with Gasteiger partial charge >= 0.3 is 0 Å². The van der Waals surface area contributed by atoms with Gasteiger partial charge in [-0.1, -0.05) is 42.1 Å². The standard InChI is InChI=1S/C24H22FN3O3S/c1-29-20-12-16(13-21(30-2)22(20)31-3)26-23-17-9-5-7-11-19(17)27-24(28-23)32-14-15-8-4-6-10-18(15)25/h4-13H,14H2,1-3H3,(H,26,27,28). The monoisotopic (exact) mass is 451 g/mol. The van der Waals surface area contributed by atoms with Crippen LogP contribution in [0.15, 0.2) is 65.8 Å². The molecule has 0 fully saturated rings. The van der Waals surface area contributed by atoms with E-state index in [-0.39, 0.29) is 5.82 Å². The van der Waals surface area contributed by atoms with Gasteiger partial charge in [-0.15, -0.1) is 0 Å². The molecule has 0 aliphatic heterocycles. The quantitative estimate of drug-likeness (QED) is 0.267. The maximum atomic E-state index is 14.0. The number of methoxy groups -OCH3 is 3. The molecule has 0 spiro atoms. The van der Waals surface area contributed by atoms with Gasteiger partial charge in [-0.25, -0.2) is 14.4 Å². The van der Waals surface area contributed by atoms with Crippen LogP contribution in [0.25, 0.3) is 10.9 Å². The Balaban J connectivity index is 1.70. The largest absolute Gasteiger partial charge is 0.493 e. The highest BCUT2D eigenvalue weighted by Crippen LogP contribution is 2.41. The average Bonchev–Trinajstić information content (AvgIpc) is 2.82. The minimum absolute atomic E-state index is 0.239. The van der Waals surface area contributed by atoms with E-state index in [4.69, 9.17) is 19.2 Å². The van der Waals surface area contributed by atoms with Crippen LogP contribution in [0, 0.1) is 5.82 Å². The van der Waals surface area contributed by atoms with Crippen LogP contribution in [-0.4, -0.2) is 31.3 Å². The van der Waals surface area contributed by atoms with E-state index in [2.05, 4.69) is 10.3 Å². The van der Waals surface area contributed by atoms with Crippen LogP contribution in [0.3, 0.4) is 0 Å². The van der Waals surface area contributed by atoms with Crippen molar-refractivity contribution in [3.63, 3.8) is 0 Å². The molecule has 0 atom stereocenters. The molecule has 0 saturated carbocycles. The first kappa shape index (κ1) is 21.7. The number of hydrogen-bond donors (Lipinski definition) is 1. The van der Waals surface area contributed by atoms with Crippen LogP contribution in [0.5, 0.6) is 17.2 Å². The van der Waals surface area contributed by atoms with Crippen molar-refractivity contribution >= 4 is 34.2 Å². The molecular formula is C24H22FN3O3S. The highest BCUT2D eigenvalue weighted by atomic mass is 32.2. The van der Waals surface area contributed by atoms with E-state index in [9.17, 15) is 4.39 Å². The number of thioether (sulfide) groups is 1. The lowest BCUT2D eigenvalue weighted by atomic mass is 10.2. The normalized spacial score (nSPS) is 10.8. The number of halogens is 1. The van der Waals surface area contributed by atoms with Gasteiger partial charge in [-0.3, -0.25) is 0 Å². The average molecular weight is 452 g/mol. The molecular weight excluding hydrogens is 429 g/mol. The summed E-state index contributed by atoms with van der Waals surface area (Å²) in [6, 6.07) is 18.0. The van der Waals surface area contributed by atoms with Crippen LogP contribution in [0.2, 0.25) is 0 Å². The third-order valence-corrected chi connectivity index (χ3v) is 5.72. The summed E-state index contributed by atoms with van der Waals surface area (Å²) in [5.74, 6) is 2.38. The predicted octanol–water partition coefficient (Wildman–Crippen LogP) is 5.83. The summed E-state index contributed by atoms with van der Waals surface area (Å²) >= 11 is 1.38. The SMILES string of the molecule is COc1cc(Nc2nc(SCc3ccccc3F)nc3ccccc23)cc(OC)c1OC. The molecule has 0 unspecified atom stereocenters. The number of fused-ring (bicyclic) bond motifs is 1. The smallest absolute Gasteiger partial charge is 0.203 e. The number of para-hydroxylation sites is 1. The van der Waals surface area contributed by atoms with Crippen molar-refractivity contribution in [1.82, 2.24) is 9.97 Å². The number of nitrogens with zero attached hydrogens (tertiary/aromatic N) is 2. The Morgan fingerprint density at radius 3 is 2.25 bits per heavy atom. The van der Waals surface area contributed by atoms with Crippen LogP contribution in [0.1, 0.15) is 5.56 Å². The number of ether oxygens (including phenoxy) is 3. The molecule has 164 valence electrons. The van der Waals surface area contributed by atoms with Crippen molar-refractivity contribution < 1.29 is 18.6 Å². The fourth-order valence-electron chi connectivity index (χ4n) is 3.26. The second-order valence-electron chi connectivity index (χ2n) is 6.79. The molecule has 8 heteroatoms. The summed E-state index contributed by atoms with van der Waals surface area (Å²) in [5.41, 5.74) is 2.11. The summed E-state index contributed by atoms with van der Waals surface area (Å²) in [6.07, 6.45) is 0. The lowest BCUT2D eigenvalue weighted by Gasteiger charge is -2.16. The summed E-state index contributed by atoms with van der Waals surface area (Å²) < 4.78 is 30.3. The maximum Gasteiger partial charge on any atom is 0.203 e. The zero-order chi connectivity index (χ0) is 22.5. The topological polar surface area (TPSA) is 65.5 Å². The fraction of sp³-hybridized carbons (Fsp3) is 0.167. The molecule has 4 rings (SSSR count). The third kappa shape index (κ3) is 4.55. The van der Waals surface area contributed by atoms with Crippen molar-refractivity contribution in [2.24, 2.45) is 0 Å². The Kier molecular flexibility index (Phi) is 6.61. The summed E-state index contributed by atoms with van der Waals surface area (Å²) in [5, 5.41) is 4.74. The van der Waals surface area contributed by atoms with Crippen molar-refractivity contribution in [2.45, 2.75) is 10.9 Å². The molecule has 0 aliphatic rings. The highest BCUT2D eigenvalue weighted by Gasteiger charge is 2.15. The van der Waals surface area contributed by atoms with Crippen LogP contribution >= 0.6 is 11.8 Å². The summed E-state index contributed by atoms with van der Waals surface area (Å²) in [7, 11) is 4.70. The third-order valence-electron chi connectivity index (χ3n) is 4.82. The minimum atomic E-state index is -0.239. The van der Waals surface area contributed by atoms with Gasteiger partial charge in [0.15, 0.2) is 16.7 Å². The van der Waals surface area contributed by atoms with Gasteiger partial charge < -0.3 is 19.5 Å². The molecule has 1 N–H and O–H groups in total. The van der Waals surface area contributed by atoms with E-state index >= 15 is 0 Å². The first-order valence-electron chi connectivity index (χ1n) is 9.83. The van der Waals surface area contributed by atoms with E-state index in [1.807, 2.05) is 42.5 Å². The second kappa shape index (κ2) is 9.74. The number of hydrogen-bond acceptors (Lipinski definition) is 7. The molecule has 3 aromatic carbocycles. The van der Waals surface area contributed by atoms with Crippen LogP contribution in [0.4, 0.5) is 15.9 Å². The molecule has 1 heterocycles. The number of nitrogens with one attached hydrogen (secondary N) is 1. The van der Waals surface area contributed by atoms with Gasteiger partial charge in [0.2, 0.25) is 5.75 Å². The Morgan fingerprint density at radius 2 is 1.56 bits per heavy atom. The van der Waals surface area contributed by atoms with Crippen LogP contribution in [-0.2, 0) is 5.75 Å². The molecule has 0 aliphatic carbocycles. The zero-order valence-corrected chi connectivity index (χ0v) is 18.7.